The second-order valence-electron chi connectivity index (χ2n) is 6.06. The number of rotatable bonds is 5. The van der Waals surface area contributed by atoms with Crippen molar-refractivity contribution in [2.45, 2.75) is 45.3 Å². The monoisotopic (exact) mass is 286 g/mol. The van der Waals surface area contributed by atoms with Gasteiger partial charge in [-0.3, -0.25) is 14.9 Å². The molecule has 1 heterocycles. The van der Waals surface area contributed by atoms with Crippen LogP contribution < -0.4 is 10.6 Å². The normalized spacial score (nSPS) is 24.1. The molecule has 0 aromatic carbocycles. The van der Waals surface area contributed by atoms with Gasteiger partial charge < -0.3 is 14.8 Å². The van der Waals surface area contributed by atoms with Crippen LogP contribution in [-0.2, 0) is 19.1 Å². The number of esters is 1. The third-order valence-corrected chi connectivity index (χ3v) is 2.87. The minimum Gasteiger partial charge on any atom is -0.460 e. The zero-order valence-corrected chi connectivity index (χ0v) is 12.5. The standard InChI is InChI=1S/C13H22N2O5/c1-8(9(16)20-12(2,3)4)6-13(7-19-5)10(17)14-11(18)15-13/h8H,6-7H2,1-5H3,(H2,14,15,17,18)/t8-,13-/m0/s1. The Bertz CT molecular complexity index is 415. The van der Waals surface area contributed by atoms with Gasteiger partial charge in [0, 0.05) is 7.11 Å². The highest BCUT2D eigenvalue weighted by atomic mass is 16.6. The van der Waals surface area contributed by atoms with Gasteiger partial charge in [-0.15, -0.1) is 0 Å². The first-order valence-corrected chi connectivity index (χ1v) is 6.45. The summed E-state index contributed by atoms with van der Waals surface area (Å²) in [6.07, 6.45) is 0.118. The summed E-state index contributed by atoms with van der Waals surface area (Å²) in [6.45, 7) is 6.97. The minimum absolute atomic E-state index is 0.00227. The quantitative estimate of drug-likeness (QED) is 0.569. The van der Waals surface area contributed by atoms with Crippen molar-refractivity contribution in [1.82, 2.24) is 10.6 Å². The van der Waals surface area contributed by atoms with Crippen LogP contribution in [0.25, 0.3) is 0 Å². The average molecular weight is 286 g/mol. The first-order valence-electron chi connectivity index (χ1n) is 6.45. The van der Waals surface area contributed by atoms with E-state index in [0.29, 0.717) is 0 Å². The van der Waals surface area contributed by atoms with Gasteiger partial charge in [-0.1, -0.05) is 6.92 Å². The molecule has 1 saturated heterocycles. The summed E-state index contributed by atoms with van der Waals surface area (Å²) in [5.74, 6) is -1.45. The largest absolute Gasteiger partial charge is 0.460 e. The third-order valence-electron chi connectivity index (χ3n) is 2.87. The lowest BCUT2D eigenvalue weighted by Crippen LogP contribution is -2.52. The van der Waals surface area contributed by atoms with Crippen LogP contribution in [-0.4, -0.2) is 42.8 Å². The first-order chi connectivity index (χ1) is 9.09. The average Bonchev–Trinajstić information content (AvgIpc) is 2.51. The number of carbonyl (C=O) groups is 3. The highest BCUT2D eigenvalue weighted by molar-refractivity contribution is 6.07. The van der Waals surface area contributed by atoms with Gasteiger partial charge in [0.05, 0.1) is 12.5 Å². The molecule has 0 radical (unpaired) electrons. The molecule has 2 atom stereocenters. The molecule has 3 amide bonds. The molecule has 1 aliphatic rings. The number of hydrogen-bond acceptors (Lipinski definition) is 5. The van der Waals surface area contributed by atoms with Crippen LogP contribution in [0.15, 0.2) is 0 Å². The Hall–Kier alpha value is -1.63. The number of urea groups is 1. The van der Waals surface area contributed by atoms with E-state index in [4.69, 9.17) is 9.47 Å². The molecular weight excluding hydrogens is 264 g/mol. The molecule has 0 spiro atoms. The zero-order chi connectivity index (χ0) is 15.6. The van der Waals surface area contributed by atoms with Crippen LogP contribution in [0.2, 0.25) is 0 Å². The molecule has 7 nitrogen and oxygen atoms in total. The lowest BCUT2D eigenvalue weighted by molar-refractivity contribution is -0.160. The Kier molecular flexibility index (Phi) is 4.75. The summed E-state index contributed by atoms with van der Waals surface area (Å²) in [5.41, 5.74) is -1.82. The Morgan fingerprint density at radius 1 is 1.35 bits per heavy atom. The predicted octanol–water partition coefficient (Wildman–Crippen LogP) is 0.579. The van der Waals surface area contributed by atoms with E-state index in [1.165, 1.54) is 7.11 Å². The molecule has 0 aliphatic carbocycles. The topological polar surface area (TPSA) is 93.7 Å². The fraction of sp³-hybridized carbons (Fsp3) is 0.769. The van der Waals surface area contributed by atoms with Gasteiger partial charge in [0.2, 0.25) is 0 Å². The highest BCUT2D eigenvalue weighted by Crippen LogP contribution is 2.23. The lowest BCUT2D eigenvalue weighted by atomic mass is 9.88. The Balaban J connectivity index is 2.79. The molecule has 20 heavy (non-hydrogen) atoms. The maximum atomic E-state index is 12.0. The fourth-order valence-corrected chi connectivity index (χ4v) is 2.09. The van der Waals surface area contributed by atoms with Crippen LogP contribution >= 0.6 is 0 Å². The van der Waals surface area contributed by atoms with Gasteiger partial charge >= 0.3 is 12.0 Å². The van der Waals surface area contributed by atoms with Crippen LogP contribution in [0.1, 0.15) is 34.1 Å². The van der Waals surface area contributed by atoms with Crippen molar-refractivity contribution >= 4 is 17.9 Å². The molecule has 1 rings (SSSR count). The van der Waals surface area contributed by atoms with E-state index in [1.807, 2.05) is 0 Å². The van der Waals surface area contributed by atoms with E-state index in [-0.39, 0.29) is 13.0 Å². The smallest absolute Gasteiger partial charge is 0.322 e. The summed E-state index contributed by atoms with van der Waals surface area (Å²) < 4.78 is 10.3. The van der Waals surface area contributed by atoms with Crippen molar-refractivity contribution in [3.8, 4) is 0 Å². The van der Waals surface area contributed by atoms with E-state index in [2.05, 4.69) is 10.6 Å². The molecule has 0 saturated carbocycles. The van der Waals surface area contributed by atoms with E-state index in [1.54, 1.807) is 27.7 Å². The molecule has 1 fully saturated rings. The lowest BCUT2D eigenvalue weighted by Gasteiger charge is -2.29. The summed E-state index contributed by atoms with van der Waals surface area (Å²) in [5, 5.41) is 4.70. The molecule has 0 bridgehead atoms. The summed E-state index contributed by atoms with van der Waals surface area (Å²) in [7, 11) is 1.43. The Morgan fingerprint density at radius 2 is 1.95 bits per heavy atom. The van der Waals surface area contributed by atoms with Crippen molar-refractivity contribution in [2.24, 2.45) is 5.92 Å². The summed E-state index contributed by atoms with van der Waals surface area (Å²) in [6, 6.07) is -0.580. The van der Waals surface area contributed by atoms with Gasteiger partial charge in [0.25, 0.3) is 5.91 Å². The molecule has 2 N–H and O–H groups in total. The predicted molar refractivity (Wildman–Crippen MR) is 70.9 cm³/mol. The van der Waals surface area contributed by atoms with E-state index in [0.717, 1.165) is 0 Å². The molecule has 0 unspecified atom stereocenters. The summed E-state index contributed by atoms with van der Waals surface area (Å²) in [4.78, 5) is 35.2. The zero-order valence-electron chi connectivity index (χ0n) is 12.5. The van der Waals surface area contributed by atoms with Crippen molar-refractivity contribution < 1.29 is 23.9 Å². The molecule has 0 aromatic rings. The number of methoxy groups -OCH3 is 1. The van der Waals surface area contributed by atoms with Crippen molar-refractivity contribution in [1.29, 1.82) is 0 Å². The molecule has 114 valence electrons. The van der Waals surface area contributed by atoms with Gasteiger partial charge in [-0.2, -0.15) is 0 Å². The van der Waals surface area contributed by atoms with Gasteiger partial charge in [-0.25, -0.2) is 4.79 Å². The van der Waals surface area contributed by atoms with E-state index < -0.39 is 35.0 Å². The van der Waals surface area contributed by atoms with Crippen LogP contribution in [0.3, 0.4) is 0 Å². The number of carbonyl (C=O) groups excluding carboxylic acids is 3. The Labute approximate surface area is 118 Å². The van der Waals surface area contributed by atoms with Crippen LogP contribution in [0.5, 0.6) is 0 Å². The number of amides is 3. The molecule has 7 heteroatoms. The van der Waals surface area contributed by atoms with Crippen LogP contribution in [0.4, 0.5) is 4.79 Å². The molecule has 1 aliphatic heterocycles. The SMILES string of the molecule is COC[C@]1(C[C@H](C)C(=O)OC(C)(C)C)NC(=O)NC1=O. The second-order valence-corrected chi connectivity index (χ2v) is 6.06. The van der Waals surface area contributed by atoms with Crippen molar-refractivity contribution in [2.75, 3.05) is 13.7 Å². The number of ether oxygens (including phenoxy) is 2. The van der Waals surface area contributed by atoms with Crippen LogP contribution in [0, 0.1) is 5.92 Å². The maximum absolute atomic E-state index is 12.0. The molecular formula is C13H22N2O5. The van der Waals surface area contributed by atoms with Gasteiger partial charge in [0.1, 0.15) is 11.1 Å². The van der Waals surface area contributed by atoms with E-state index in [9.17, 15) is 14.4 Å². The van der Waals surface area contributed by atoms with E-state index >= 15 is 0 Å². The Morgan fingerprint density at radius 3 is 2.35 bits per heavy atom. The third kappa shape index (κ3) is 3.93. The maximum Gasteiger partial charge on any atom is 0.322 e. The summed E-state index contributed by atoms with van der Waals surface area (Å²) >= 11 is 0. The molecule has 0 aromatic heterocycles. The first kappa shape index (κ1) is 16.4. The van der Waals surface area contributed by atoms with Gasteiger partial charge in [-0.05, 0) is 27.2 Å². The fourth-order valence-electron chi connectivity index (χ4n) is 2.09. The highest BCUT2D eigenvalue weighted by Gasteiger charge is 2.48. The minimum atomic E-state index is -1.22. The number of nitrogens with one attached hydrogen (secondary N) is 2. The number of imide groups is 1. The van der Waals surface area contributed by atoms with Gasteiger partial charge in [0.15, 0.2) is 0 Å². The number of hydrogen-bond donors (Lipinski definition) is 2. The van der Waals surface area contributed by atoms with Crippen molar-refractivity contribution in [3.05, 3.63) is 0 Å². The second kappa shape index (κ2) is 5.78. The van der Waals surface area contributed by atoms with Crippen molar-refractivity contribution in [3.63, 3.8) is 0 Å².